The van der Waals surface area contributed by atoms with Crippen LogP contribution in [0.15, 0.2) is 29.1 Å². The lowest BCUT2D eigenvalue weighted by molar-refractivity contribution is 0.0632. The molecule has 0 fully saturated rings. The van der Waals surface area contributed by atoms with Gasteiger partial charge in [-0.25, -0.2) is 4.98 Å². The molecule has 1 atom stereocenters. The number of ether oxygens (including phenoxy) is 2. The van der Waals surface area contributed by atoms with Gasteiger partial charge in [-0.3, -0.25) is 9.69 Å². The first-order valence-corrected chi connectivity index (χ1v) is 10.1. The molecule has 5 rings (SSSR count). The SMILES string of the molecule is CN(Cc1nc2sc3c(c2c(=O)[nH]1)CCC3)C[C@H]1COc2ccccc2O1. The average molecular weight is 383 g/mol. The normalized spacial score (nSPS) is 18.2. The average Bonchev–Trinajstić information content (AvgIpc) is 3.22. The van der Waals surface area contributed by atoms with Crippen molar-refractivity contribution in [3.8, 4) is 11.5 Å². The summed E-state index contributed by atoms with van der Waals surface area (Å²) in [6.45, 7) is 1.77. The van der Waals surface area contributed by atoms with Gasteiger partial charge in [0, 0.05) is 11.4 Å². The standard InChI is InChI=1S/C20H21N3O3S/c1-23(9-12-11-25-14-6-2-3-7-15(14)26-12)10-17-21-19(24)18-13-5-4-8-16(13)27-20(18)22-17/h2-3,6-7,12H,4-5,8-11H2,1H3,(H,21,22,24)/t12-/m0/s1. The van der Waals surface area contributed by atoms with Gasteiger partial charge >= 0.3 is 0 Å². The molecule has 2 aromatic heterocycles. The molecule has 0 spiro atoms. The van der Waals surface area contributed by atoms with E-state index in [1.165, 1.54) is 10.4 Å². The first-order chi connectivity index (χ1) is 13.2. The molecule has 3 aromatic rings. The van der Waals surface area contributed by atoms with Gasteiger partial charge in [0.1, 0.15) is 23.4 Å². The quantitative estimate of drug-likeness (QED) is 0.750. The molecule has 0 saturated carbocycles. The Morgan fingerprint density at radius 1 is 1.30 bits per heavy atom. The number of hydrogen-bond acceptors (Lipinski definition) is 6. The summed E-state index contributed by atoms with van der Waals surface area (Å²) in [4.78, 5) is 24.6. The largest absolute Gasteiger partial charge is 0.486 e. The molecule has 1 aliphatic carbocycles. The molecule has 0 amide bonds. The fourth-order valence-corrected chi connectivity index (χ4v) is 5.22. The lowest BCUT2D eigenvalue weighted by Crippen LogP contribution is -2.39. The number of hydrogen-bond donors (Lipinski definition) is 1. The summed E-state index contributed by atoms with van der Waals surface area (Å²) in [5.41, 5.74) is 1.21. The fraction of sp³-hybridized carbons (Fsp3) is 0.400. The molecule has 7 heteroatoms. The summed E-state index contributed by atoms with van der Waals surface area (Å²) in [5.74, 6) is 2.27. The van der Waals surface area contributed by atoms with Gasteiger partial charge in [0.2, 0.25) is 0 Å². The molecule has 1 aliphatic heterocycles. The van der Waals surface area contributed by atoms with Crippen LogP contribution in [0.4, 0.5) is 0 Å². The van der Waals surface area contributed by atoms with E-state index in [9.17, 15) is 4.79 Å². The smallest absolute Gasteiger partial charge is 0.259 e. The maximum atomic E-state index is 12.6. The van der Waals surface area contributed by atoms with Crippen LogP contribution in [0.5, 0.6) is 11.5 Å². The van der Waals surface area contributed by atoms with E-state index in [0.29, 0.717) is 25.5 Å². The Labute approximate surface area is 160 Å². The minimum Gasteiger partial charge on any atom is -0.486 e. The van der Waals surface area contributed by atoms with Gasteiger partial charge in [-0.2, -0.15) is 0 Å². The second-order valence-electron chi connectivity index (χ2n) is 7.24. The molecule has 0 saturated heterocycles. The van der Waals surface area contributed by atoms with Gasteiger partial charge in [-0.15, -0.1) is 11.3 Å². The van der Waals surface area contributed by atoms with Gasteiger partial charge in [0.15, 0.2) is 11.5 Å². The number of aromatic nitrogens is 2. The van der Waals surface area contributed by atoms with Crippen molar-refractivity contribution in [1.29, 1.82) is 0 Å². The van der Waals surface area contributed by atoms with Crippen molar-refractivity contribution >= 4 is 21.6 Å². The van der Waals surface area contributed by atoms with Crippen molar-refractivity contribution in [2.24, 2.45) is 0 Å². The van der Waals surface area contributed by atoms with Crippen molar-refractivity contribution in [1.82, 2.24) is 14.9 Å². The van der Waals surface area contributed by atoms with E-state index in [1.54, 1.807) is 11.3 Å². The molecule has 27 heavy (non-hydrogen) atoms. The molecule has 0 bridgehead atoms. The number of H-pyrrole nitrogens is 1. The van der Waals surface area contributed by atoms with Crippen LogP contribution in [0.25, 0.3) is 10.2 Å². The summed E-state index contributed by atoms with van der Waals surface area (Å²) in [6.07, 6.45) is 3.17. The summed E-state index contributed by atoms with van der Waals surface area (Å²) in [6, 6.07) is 7.71. The molecule has 1 N–H and O–H groups in total. The van der Waals surface area contributed by atoms with Crippen LogP contribution in [-0.4, -0.2) is 41.2 Å². The van der Waals surface area contributed by atoms with Crippen molar-refractivity contribution in [2.75, 3.05) is 20.2 Å². The number of para-hydroxylation sites is 2. The maximum Gasteiger partial charge on any atom is 0.259 e. The van der Waals surface area contributed by atoms with Crippen LogP contribution in [0, 0.1) is 0 Å². The predicted octanol–water partition coefficient (Wildman–Crippen LogP) is 2.75. The Morgan fingerprint density at radius 3 is 3.04 bits per heavy atom. The highest BCUT2D eigenvalue weighted by Gasteiger charge is 2.23. The second-order valence-corrected chi connectivity index (χ2v) is 8.33. The van der Waals surface area contributed by atoms with E-state index in [1.807, 2.05) is 31.3 Å². The number of aromatic amines is 1. The van der Waals surface area contributed by atoms with E-state index >= 15 is 0 Å². The highest BCUT2D eigenvalue weighted by molar-refractivity contribution is 7.18. The highest BCUT2D eigenvalue weighted by atomic mass is 32.1. The van der Waals surface area contributed by atoms with Crippen LogP contribution in [0.2, 0.25) is 0 Å². The van der Waals surface area contributed by atoms with Gasteiger partial charge in [0.25, 0.3) is 5.56 Å². The van der Waals surface area contributed by atoms with Crippen LogP contribution in [0.1, 0.15) is 22.7 Å². The number of nitrogens with one attached hydrogen (secondary N) is 1. The summed E-state index contributed by atoms with van der Waals surface area (Å²) < 4.78 is 11.8. The van der Waals surface area contributed by atoms with Crippen LogP contribution < -0.4 is 15.0 Å². The first-order valence-electron chi connectivity index (χ1n) is 9.28. The van der Waals surface area contributed by atoms with Crippen molar-refractivity contribution in [3.63, 3.8) is 0 Å². The van der Waals surface area contributed by atoms with Gasteiger partial charge in [-0.1, -0.05) is 12.1 Å². The Kier molecular flexibility index (Phi) is 4.13. The molecule has 0 unspecified atom stereocenters. The molecule has 2 aliphatic rings. The minimum atomic E-state index is -0.0501. The third kappa shape index (κ3) is 3.11. The van der Waals surface area contributed by atoms with Crippen molar-refractivity contribution < 1.29 is 9.47 Å². The molecule has 1 aromatic carbocycles. The summed E-state index contributed by atoms with van der Waals surface area (Å²) in [5, 5.41) is 0.805. The number of likely N-dealkylation sites (N-methyl/N-ethyl adjacent to an activating group) is 1. The van der Waals surface area contributed by atoms with E-state index in [4.69, 9.17) is 14.5 Å². The predicted molar refractivity (Wildman–Crippen MR) is 105 cm³/mol. The molecular formula is C20H21N3O3S. The zero-order chi connectivity index (χ0) is 18.4. The molecular weight excluding hydrogens is 362 g/mol. The van der Waals surface area contributed by atoms with E-state index in [2.05, 4.69) is 9.88 Å². The van der Waals surface area contributed by atoms with Gasteiger partial charge < -0.3 is 14.5 Å². The number of rotatable bonds is 4. The van der Waals surface area contributed by atoms with Crippen molar-refractivity contribution in [2.45, 2.75) is 31.9 Å². The highest BCUT2D eigenvalue weighted by Crippen LogP contribution is 2.34. The van der Waals surface area contributed by atoms with E-state index < -0.39 is 0 Å². The Balaban J connectivity index is 1.30. The Bertz CT molecular complexity index is 1060. The fourth-order valence-electron chi connectivity index (χ4n) is 3.94. The molecule has 3 heterocycles. The van der Waals surface area contributed by atoms with Gasteiger partial charge in [0.05, 0.1) is 11.9 Å². The molecule has 6 nitrogen and oxygen atoms in total. The van der Waals surface area contributed by atoms with Crippen LogP contribution >= 0.6 is 11.3 Å². The zero-order valence-electron chi connectivity index (χ0n) is 15.2. The second kappa shape index (κ2) is 6.65. The topological polar surface area (TPSA) is 67.5 Å². The molecule has 140 valence electrons. The third-order valence-electron chi connectivity index (χ3n) is 5.13. The van der Waals surface area contributed by atoms with Crippen LogP contribution in [0.3, 0.4) is 0 Å². The first kappa shape index (κ1) is 16.8. The van der Waals surface area contributed by atoms with Crippen molar-refractivity contribution in [3.05, 3.63) is 50.9 Å². The Morgan fingerprint density at radius 2 is 2.15 bits per heavy atom. The van der Waals surface area contributed by atoms with Crippen LogP contribution in [-0.2, 0) is 19.4 Å². The Hall–Kier alpha value is -2.38. The van der Waals surface area contributed by atoms with E-state index in [0.717, 1.165) is 41.0 Å². The molecule has 0 radical (unpaired) electrons. The lowest BCUT2D eigenvalue weighted by atomic mass is 10.2. The number of benzene rings is 1. The number of nitrogens with zero attached hydrogens (tertiary/aromatic N) is 2. The third-order valence-corrected chi connectivity index (χ3v) is 6.31. The summed E-state index contributed by atoms with van der Waals surface area (Å²) >= 11 is 1.68. The minimum absolute atomic E-state index is 0.00558. The maximum absolute atomic E-state index is 12.6. The zero-order valence-corrected chi connectivity index (χ0v) is 16.0. The summed E-state index contributed by atoms with van der Waals surface area (Å²) in [7, 11) is 2.00. The number of aryl methyl sites for hydroxylation is 2. The number of thiophene rings is 1. The van der Waals surface area contributed by atoms with E-state index in [-0.39, 0.29) is 11.7 Å². The van der Waals surface area contributed by atoms with Gasteiger partial charge in [-0.05, 0) is 44.0 Å². The monoisotopic (exact) mass is 383 g/mol. The lowest BCUT2D eigenvalue weighted by Gasteiger charge is -2.29. The number of fused-ring (bicyclic) bond motifs is 4.